The molecular weight excluding hydrogens is 730 g/mol. The number of aromatic nitrogens is 3. The third-order valence-corrected chi connectivity index (χ3v) is 11.6. The minimum absolute atomic E-state index is 0.105. The second-order valence-electron chi connectivity index (χ2n) is 13.8. The first-order valence-corrected chi connectivity index (χ1v) is 19.3. The number of aliphatic imine (C=N–C) groups is 1. The van der Waals surface area contributed by atoms with E-state index in [0.717, 1.165) is 52.5 Å². The van der Waals surface area contributed by atoms with E-state index >= 15 is 0 Å². The van der Waals surface area contributed by atoms with Gasteiger partial charge in [0, 0.05) is 51.5 Å². The van der Waals surface area contributed by atoms with Gasteiger partial charge in [-0.15, -0.1) is 21.5 Å². The summed E-state index contributed by atoms with van der Waals surface area (Å²) in [6.07, 6.45) is 3.62. The van der Waals surface area contributed by atoms with Gasteiger partial charge < -0.3 is 15.0 Å². The van der Waals surface area contributed by atoms with Crippen molar-refractivity contribution in [3.05, 3.63) is 91.8 Å². The molecule has 4 amide bonds. The number of thiophene rings is 1. The monoisotopic (exact) mass is 769 g/mol. The Morgan fingerprint density at radius 2 is 1.80 bits per heavy atom. The summed E-state index contributed by atoms with van der Waals surface area (Å²) in [6.45, 7) is 6.69. The van der Waals surface area contributed by atoms with E-state index in [-0.39, 0.29) is 49.9 Å². The van der Waals surface area contributed by atoms with Crippen molar-refractivity contribution in [2.75, 3.05) is 6.54 Å². The lowest BCUT2D eigenvalue weighted by Gasteiger charge is -2.29. The zero-order valence-electron chi connectivity index (χ0n) is 30.2. The van der Waals surface area contributed by atoms with Crippen molar-refractivity contribution in [3.63, 3.8) is 0 Å². The number of unbranched alkanes of at least 4 members (excludes halogenated alkanes) is 3. The Kier molecular flexibility index (Phi) is 10.8. The Morgan fingerprint density at radius 3 is 2.57 bits per heavy atom. The van der Waals surface area contributed by atoms with Crippen LogP contribution in [0.5, 0.6) is 5.75 Å². The number of ether oxygens (including phenoxy) is 1. The topological polar surface area (TPSA) is 165 Å². The van der Waals surface area contributed by atoms with Crippen molar-refractivity contribution in [3.8, 4) is 10.8 Å². The minimum Gasteiger partial charge on any atom is -0.426 e. The minimum atomic E-state index is -0.747. The summed E-state index contributed by atoms with van der Waals surface area (Å²) in [5, 5.41) is 15.8. The molecule has 280 valence electrons. The lowest BCUT2D eigenvalue weighted by molar-refractivity contribution is -0.137. The van der Waals surface area contributed by atoms with Crippen LogP contribution in [0.25, 0.3) is 5.00 Å². The third kappa shape index (κ3) is 7.45. The van der Waals surface area contributed by atoms with Gasteiger partial charge in [-0.2, -0.15) is 0 Å². The number of halogens is 1. The molecule has 1 saturated heterocycles. The average Bonchev–Trinajstić information content (AvgIpc) is 3.75. The highest BCUT2D eigenvalue weighted by atomic mass is 35.5. The average molecular weight is 770 g/mol. The lowest BCUT2D eigenvalue weighted by atomic mass is 9.99. The Morgan fingerprint density at radius 1 is 1.02 bits per heavy atom. The predicted molar refractivity (Wildman–Crippen MR) is 202 cm³/mol. The van der Waals surface area contributed by atoms with Crippen LogP contribution in [0.3, 0.4) is 0 Å². The first-order valence-electron chi connectivity index (χ1n) is 18.1. The molecule has 1 fully saturated rings. The van der Waals surface area contributed by atoms with Gasteiger partial charge in [0.15, 0.2) is 5.82 Å². The number of amides is 4. The zero-order chi connectivity index (χ0) is 38.1. The standard InChI is InChI=1S/C39H40ClN7O6S/c1-21-22(2)54-39-34(21)35(24-12-14-25(40)15-13-24)42-28(36-45-44-23(3)47(36)39)19-32(49)41-18-7-5-4-6-11-33(50)53-30-10-8-9-26-27(30)20-46(38(26)52)29-16-17-31(48)43-37(29)51/h8-10,12-15,28-29H,4-7,11,16-20H2,1-3H3,(H,41,49)(H,43,48,51)/t28-,29?/m0/s1. The van der Waals surface area contributed by atoms with E-state index in [0.29, 0.717) is 40.7 Å². The number of rotatable bonds is 12. The van der Waals surface area contributed by atoms with E-state index in [4.69, 9.17) is 21.3 Å². The number of imide groups is 1. The van der Waals surface area contributed by atoms with Gasteiger partial charge in [-0.1, -0.05) is 42.6 Å². The summed E-state index contributed by atoms with van der Waals surface area (Å²) in [5.74, 6) is -0.0638. The molecule has 3 aliphatic rings. The number of hydrogen-bond donors (Lipinski definition) is 2. The van der Waals surface area contributed by atoms with Gasteiger partial charge >= 0.3 is 5.97 Å². The van der Waals surface area contributed by atoms with Crippen molar-refractivity contribution in [2.24, 2.45) is 4.99 Å². The lowest BCUT2D eigenvalue weighted by Crippen LogP contribution is -2.52. The largest absolute Gasteiger partial charge is 0.426 e. The van der Waals surface area contributed by atoms with E-state index in [1.807, 2.05) is 35.8 Å². The highest BCUT2D eigenvalue weighted by molar-refractivity contribution is 7.15. The Labute approximate surface area is 321 Å². The molecule has 3 aliphatic heterocycles. The molecule has 0 saturated carbocycles. The third-order valence-electron chi connectivity index (χ3n) is 10.1. The SMILES string of the molecule is Cc1sc2c(c1C)C(c1ccc(Cl)cc1)=N[C@@H](CC(=O)NCCCCCCC(=O)Oc1cccc3c1CN(C1CCC(=O)NC1=O)C3=O)c1nnc(C)n1-2. The maximum atomic E-state index is 13.3. The molecule has 1 unspecified atom stereocenters. The number of nitrogens with zero attached hydrogens (tertiary/aromatic N) is 5. The number of carbonyl (C=O) groups excluding carboxylic acids is 5. The Hall–Kier alpha value is -5.21. The van der Waals surface area contributed by atoms with Gasteiger partial charge in [0.05, 0.1) is 18.7 Å². The van der Waals surface area contributed by atoms with Crippen LogP contribution in [0.4, 0.5) is 0 Å². The van der Waals surface area contributed by atoms with E-state index in [9.17, 15) is 24.0 Å². The van der Waals surface area contributed by atoms with E-state index in [1.165, 1.54) is 9.78 Å². The van der Waals surface area contributed by atoms with Crippen molar-refractivity contribution >= 4 is 58.2 Å². The second kappa shape index (κ2) is 15.6. The van der Waals surface area contributed by atoms with Crippen LogP contribution in [-0.4, -0.2) is 67.6 Å². The van der Waals surface area contributed by atoms with Gasteiger partial charge in [-0.05, 0) is 69.9 Å². The molecule has 0 radical (unpaired) electrons. The van der Waals surface area contributed by atoms with E-state index < -0.39 is 24.0 Å². The number of aryl methyl sites for hydroxylation is 2. The van der Waals surface area contributed by atoms with E-state index in [1.54, 1.807) is 29.5 Å². The van der Waals surface area contributed by atoms with Gasteiger partial charge in [0.2, 0.25) is 17.7 Å². The van der Waals surface area contributed by atoms with Crippen LogP contribution in [-0.2, 0) is 25.7 Å². The molecule has 2 aromatic heterocycles. The number of fused-ring (bicyclic) bond motifs is 4. The predicted octanol–water partition coefficient (Wildman–Crippen LogP) is 5.62. The quantitative estimate of drug-likeness (QED) is 0.0811. The molecule has 15 heteroatoms. The summed E-state index contributed by atoms with van der Waals surface area (Å²) in [5.41, 5.74) is 4.78. The van der Waals surface area contributed by atoms with Crippen LogP contribution in [0.15, 0.2) is 47.5 Å². The van der Waals surface area contributed by atoms with Gasteiger partial charge in [0.25, 0.3) is 5.91 Å². The van der Waals surface area contributed by atoms with Crippen LogP contribution in [0.2, 0.25) is 5.02 Å². The van der Waals surface area contributed by atoms with Gasteiger partial charge in [-0.25, -0.2) is 0 Å². The first-order chi connectivity index (χ1) is 26.0. The van der Waals surface area contributed by atoms with E-state index in [2.05, 4.69) is 34.7 Å². The Balaban J connectivity index is 0.895. The molecule has 7 rings (SSSR count). The smallest absolute Gasteiger partial charge is 0.311 e. The van der Waals surface area contributed by atoms with Gasteiger partial charge in [0.1, 0.15) is 28.7 Å². The molecule has 13 nitrogen and oxygen atoms in total. The molecule has 5 heterocycles. The molecule has 54 heavy (non-hydrogen) atoms. The Bertz CT molecular complexity index is 2190. The molecule has 4 aromatic rings. The first kappa shape index (κ1) is 37.1. The maximum absolute atomic E-state index is 13.3. The number of piperidine rings is 1. The van der Waals surface area contributed by atoms with Crippen LogP contribution >= 0.6 is 22.9 Å². The van der Waals surface area contributed by atoms with Crippen molar-refractivity contribution in [1.82, 2.24) is 30.3 Å². The molecule has 0 spiro atoms. The number of esters is 1. The fourth-order valence-electron chi connectivity index (χ4n) is 7.18. The number of nitrogens with one attached hydrogen (secondary N) is 2. The number of carbonyl (C=O) groups is 5. The highest BCUT2D eigenvalue weighted by Gasteiger charge is 2.40. The molecule has 2 aromatic carbocycles. The van der Waals surface area contributed by atoms with Gasteiger partial charge in [-0.3, -0.25) is 38.8 Å². The second-order valence-corrected chi connectivity index (χ2v) is 15.4. The number of hydrogen-bond acceptors (Lipinski definition) is 10. The maximum Gasteiger partial charge on any atom is 0.311 e. The van der Waals surface area contributed by atoms with Crippen LogP contribution < -0.4 is 15.4 Å². The molecule has 0 bridgehead atoms. The molecular formula is C39H40ClN7O6S. The number of benzene rings is 2. The van der Waals surface area contributed by atoms with Crippen LogP contribution in [0, 0.1) is 20.8 Å². The van der Waals surface area contributed by atoms with Crippen molar-refractivity contribution in [1.29, 1.82) is 0 Å². The summed E-state index contributed by atoms with van der Waals surface area (Å²) in [4.78, 5) is 70.8. The van der Waals surface area contributed by atoms with Crippen LogP contribution in [0.1, 0.15) is 107 Å². The molecule has 2 atom stereocenters. The summed E-state index contributed by atoms with van der Waals surface area (Å²) in [7, 11) is 0. The summed E-state index contributed by atoms with van der Waals surface area (Å²) in [6, 6.07) is 11.2. The summed E-state index contributed by atoms with van der Waals surface area (Å²) >= 11 is 7.88. The summed E-state index contributed by atoms with van der Waals surface area (Å²) < 4.78 is 7.69. The normalized spacial score (nSPS) is 17.7. The highest BCUT2D eigenvalue weighted by Crippen LogP contribution is 2.40. The van der Waals surface area contributed by atoms with Crippen molar-refractivity contribution < 1.29 is 28.7 Å². The van der Waals surface area contributed by atoms with Crippen molar-refractivity contribution in [2.45, 2.75) is 90.8 Å². The fourth-order valence-corrected chi connectivity index (χ4v) is 8.52. The fraction of sp³-hybridized carbons (Fsp3) is 0.385. The molecule has 0 aliphatic carbocycles. The molecule has 2 N–H and O–H groups in total. The zero-order valence-corrected chi connectivity index (χ0v) is 31.8.